The first-order chi connectivity index (χ1) is 8.08. The first-order valence-electron chi connectivity index (χ1n) is 5.06. The second-order valence-electron chi connectivity index (χ2n) is 3.52. The van der Waals surface area contributed by atoms with Crippen LogP contribution in [0.2, 0.25) is 5.02 Å². The van der Waals surface area contributed by atoms with Gasteiger partial charge in [-0.2, -0.15) is 5.26 Å². The Morgan fingerprint density at radius 3 is 2.82 bits per heavy atom. The van der Waals surface area contributed by atoms with Gasteiger partial charge in [0.1, 0.15) is 6.07 Å². The maximum Gasteiger partial charge on any atom is 0.307 e. The first-order valence-corrected chi connectivity index (χ1v) is 5.44. The van der Waals surface area contributed by atoms with Gasteiger partial charge in [0.05, 0.1) is 24.1 Å². The molecule has 1 aromatic rings. The van der Waals surface area contributed by atoms with Crippen molar-refractivity contribution in [2.45, 2.75) is 6.42 Å². The van der Waals surface area contributed by atoms with Gasteiger partial charge in [-0.05, 0) is 18.2 Å². The van der Waals surface area contributed by atoms with Crippen LogP contribution in [0.15, 0.2) is 18.2 Å². The number of hydrogen-bond acceptors (Lipinski definition) is 4. The molecule has 0 aliphatic rings. The van der Waals surface area contributed by atoms with Crippen LogP contribution in [-0.2, 0) is 9.53 Å². The number of anilines is 1. The Hall–Kier alpha value is -1.73. The van der Waals surface area contributed by atoms with E-state index in [2.05, 4.69) is 4.74 Å². The summed E-state index contributed by atoms with van der Waals surface area (Å²) in [4.78, 5) is 12.9. The molecule has 0 radical (unpaired) electrons. The lowest BCUT2D eigenvalue weighted by Crippen LogP contribution is -2.21. The van der Waals surface area contributed by atoms with Crippen molar-refractivity contribution in [2.24, 2.45) is 0 Å². The number of rotatable bonds is 4. The number of carbonyl (C=O) groups is 1. The zero-order valence-corrected chi connectivity index (χ0v) is 10.5. The molecule has 0 aromatic heterocycles. The Labute approximate surface area is 105 Å². The van der Waals surface area contributed by atoms with Gasteiger partial charge in [0.2, 0.25) is 0 Å². The van der Waals surface area contributed by atoms with Crippen molar-refractivity contribution in [3.63, 3.8) is 0 Å². The fraction of sp³-hybridized carbons (Fsp3) is 0.333. The average Bonchev–Trinajstić information content (AvgIpc) is 2.35. The van der Waals surface area contributed by atoms with Crippen LogP contribution < -0.4 is 4.90 Å². The minimum Gasteiger partial charge on any atom is -0.469 e. The summed E-state index contributed by atoms with van der Waals surface area (Å²) < 4.78 is 4.56. The number of carbonyl (C=O) groups excluding carboxylic acids is 1. The molecule has 1 rings (SSSR count). The second-order valence-corrected chi connectivity index (χ2v) is 3.93. The summed E-state index contributed by atoms with van der Waals surface area (Å²) in [5, 5.41) is 9.16. The molecule has 0 aliphatic heterocycles. The summed E-state index contributed by atoms with van der Waals surface area (Å²) in [5.74, 6) is -0.253. The summed E-state index contributed by atoms with van der Waals surface area (Å²) in [5.41, 5.74) is 1.30. The molecule has 0 heterocycles. The number of esters is 1. The van der Waals surface area contributed by atoms with Gasteiger partial charge >= 0.3 is 5.97 Å². The molecule has 0 amide bonds. The molecule has 0 spiro atoms. The summed E-state index contributed by atoms with van der Waals surface area (Å²) in [6.07, 6.45) is 0.310. The fourth-order valence-electron chi connectivity index (χ4n) is 1.32. The van der Waals surface area contributed by atoms with Gasteiger partial charge in [-0.25, -0.2) is 0 Å². The molecule has 0 aliphatic carbocycles. The summed E-state index contributed by atoms with van der Waals surface area (Å²) in [7, 11) is 3.21. The number of methoxy groups -OCH3 is 1. The van der Waals surface area contributed by atoms with Crippen LogP contribution in [0.1, 0.15) is 12.0 Å². The van der Waals surface area contributed by atoms with E-state index in [1.807, 2.05) is 18.0 Å². The molecule has 90 valence electrons. The highest BCUT2D eigenvalue weighted by Crippen LogP contribution is 2.22. The minimum atomic E-state index is -0.253. The predicted octanol–water partition coefficient (Wildman–Crippen LogP) is 2.21. The molecule has 0 unspecified atom stereocenters. The van der Waals surface area contributed by atoms with Crippen molar-refractivity contribution in [3.8, 4) is 6.07 Å². The van der Waals surface area contributed by atoms with Crippen LogP contribution in [-0.4, -0.2) is 26.7 Å². The Kier molecular flexibility index (Phi) is 4.80. The third-order valence-corrected chi connectivity index (χ3v) is 2.71. The lowest BCUT2D eigenvalue weighted by atomic mass is 10.2. The lowest BCUT2D eigenvalue weighted by Gasteiger charge is -2.18. The normalized spacial score (nSPS) is 9.53. The molecular formula is C12H13ClN2O2. The lowest BCUT2D eigenvalue weighted by molar-refractivity contribution is -0.140. The standard InChI is InChI=1S/C12H13ClN2O2/c1-15(6-5-12(16)17-2)10-4-3-9(8-14)11(13)7-10/h3-4,7H,5-6H2,1-2H3. The molecule has 17 heavy (non-hydrogen) atoms. The molecule has 0 bridgehead atoms. The van der Waals surface area contributed by atoms with E-state index in [1.165, 1.54) is 7.11 Å². The van der Waals surface area contributed by atoms with Crippen molar-refractivity contribution >= 4 is 23.3 Å². The number of benzene rings is 1. The Morgan fingerprint density at radius 1 is 1.59 bits per heavy atom. The molecule has 0 saturated carbocycles. The number of halogens is 1. The van der Waals surface area contributed by atoms with E-state index in [4.69, 9.17) is 16.9 Å². The molecular weight excluding hydrogens is 240 g/mol. The number of ether oxygens (including phenoxy) is 1. The van der Waals surface area contributed by atoms with Gasteiger partial charge in [-0.1, -0.05) is 11.6 Å². The van der Waals surface area contributed by atoms with Crippen LogP contribution in [0.3, 0.4) is 0 Å². The van der Waals surface area contributed by atoms with Gasteiger partial charge in [0.25, 0.3) is 0 Å². The van der Waals surface area contributed by atoms with Crippen molar-refractivity contribution in [1.82, 2.24) is 0 Å². The van der Waals surface area contributed by atoms with Crippen molar-refractivity contribution in [2.75, 3.05) is 25.6 Å². The van der Waals surface area contributed by atoms with Crippen molar-refractivity contribution in [1.29, 1.82) is 5.26 Å². The molecule has 5 heteroatoms. The second kappa shape index (κ2) is 6.12. The highest BCUT2D eigenvalue weighted by Gasteiger charge is 2.07. The summed E-state index contributed by atoms with van der Waals surface area (Å²) in [6.45, 7) is 0.537. The van der Waals surface area contributed by atoms with E-state index >= 15 is 0 Å². The zero-order valence-electron chi connectivity index (χ0n) is 9.74. The number of nitrogens with zero attached hydrogens (tertiary/aromatic N) is 2. The topological polar surface area (TPSA) is 53.3 Å². The van der Waals surface area contributed by atoms with Crippen molar-refractivity contribution in [3.05, 3.63) is 28.8 Å². The minimum absolute atomic E-state index is 0.253. The Bertz CT molecular complexity index is 454. The largest absolute Gasteiger partial charge is 0.469 e. The average molecular weight is 253 g/mol. The van der Waals surface area contributed by atoms with Crippen LogP contribution in [0.25, 0.3) is 0 Å². The SMILES string of the molecule is COC(=O)CCN(C)c1ccc(C#N)c(Cl)c1. The van der Waals surface area contributed by atoms with Crippen LogP contribution in [0.5, 0.6) is 0 Å². The maximum atomic E-state index is 11.0. The molecule has 0 fully saturated rings. The quantitative estimate of drug-likeness (QED) is 0.771. The Morgan fingerprint density at radius 2 is 2.29 bits per heavy atom. The maximum absolute atomic E-state index is 11.0. The van der Waals surface area contributed by atoms with Gasteiger partial charge in [0.15, 0.2) is 0 Å². The van der Waals surface area contributed by atoms with E-state index in [-0.39, 0.29) is 5.97 Å². The smallest absolute Gasteiger partial charge is 0.307 e. The zero-order chi connectivity index (χ0) is 12.8. The monoisotopic (exact) mass is 252 g/mol. The van der Waals surface area contributed by atoms with Gasteiger partial charge < -0.3 is 9.64 Å². The van der Waals surface area contributed by atoms with Crippen LogP contribution in [0, 0.1) is 11.3 Å². The molecule has 1 aromatic carbocycles. The highest BCUT2D eigenvalue weighted by atomic mass is 35.5. The van der Waals surface area contributed by atoms with Gasteiger partial charge in [-0.15, -0.1) is 0 Å². The van der Waals surface area contributed by atoms with E-state index < -0.39 is 0 Å². The molecule has 0 atom stereocenters. The fourth-order valence-corrected chi connectivity index (χ4v) is 1.54. The molecule has 0 N–H and O–H groups in total. The summed E-state index contributed by atoms with van der Waals surface area (Å²) in [6, 6.07) is 7.15. The Balaban J connectivity index is 2.70. The van der Waals surface area contributed by atoms with E-state index in [1.54, 1.807) is 18.2 Å². The van der Waals surface area contributed by atoms with Crippen molar-refractivity contribution < 1.29 is 9.53 Å². The van der Waals surface area contributed by atoms with Gasteiger partial charge in [-0.3, -0.25) is 4.79 Å². The first kappa shape index (κ1) is 13.3. The van der Waals surface area contributed by atoms with Crippen LogP contribution >= 0.6 is 11.6 Å². The summed E-state index contributed by atoms with van der Waals surface area (Å²) >= 11 is 5.92. The van der Waals surface area contributed by atoms with E-state index in [0.29, 0.717) is 23.6 Å². The molecule has 4 nitrogen and oxygen atoms in total. The van der Waals surface area contributed by atoms with Gasteiger partial charge in [0, 0.05) is 19.3 Å². The molecule has 0 saturated heterocycles. The third-order valence-electron chi connectivity index (χ3n) is 2.39. The number of hydrogen-bond donors (Lipinski definition) is 0. The highest BCUT2D eigenvalue weighted by molar-refractivity contribution is 6.32. The van der Waals surface area contributed by atoms with E-state index in [0.717, 1.165) is 5.69 Å². The van der Waals surface area contributed by atoms with Crippen LogP contribution in [0.4, 0.5) is 5.69 Å². The number of nitriles is 1. The predicted molar refractivity (Wildman–Crippen MR) is 66.1 cm³/mol. The third kappa shape index (κ3) is 3.65. The van der Waals surface area contributed by atoms with E-state index in [9.17, 15) is 4.79 Å².